The molecular weight excluding hydrogens is 302 g/mol. The van der Waals surface area contributed by atoms with E-state index in [9.17, 15) is 13.2 Å². The summed E-state index contributed by atoms with van der Waals surface area (Å²) in [5.41, 5.74) is 6.10. The predicted octanol–water partition coefficient (Wildman–Crippen LogP) is 1.34. The number of carbonyl (C=O) groups is 1. The molecule has 1 aliphatic rings. The smallest absolute Gasteiger partial charge is 0.240 e. The second-order valence-electron chi connectivity index (χ2n) is 5.60. The highest BCUT2D eigenvalue weighted by molar-refractivity contribution is 7.89. The van der Waals surface area contributed by atoms with Gasteiger partial charge in [0.1, 0.15) is 0 Å². The lowest BCUT2D eigenvalue weighted by molar-refractivity contribution is -0.132. The van der Waals surface area contributed by atoms with Gasteiger partial charge in [-0.25, -0.2) is 13.1 Å². The van der Waals surface area contributed by atoms with Crippen molar-refractivity contribution >= 4 is 21.6 Å². The lowest BCUT2D eigenvalue weighted by atomic mass is 10.1. The van der Waals surface area contributed by atoms with Crippen molar-refractivity contribution in [2.75, 3.05) is 18.8 Å². The first-order valence-electron chi connectivity index (χ1n) is 7.58. The van der Waals surface area contributed by atoms with E-state index in [1.165, 1.54) is 12.1 Å². The molecule has 1 aromatic carbocycles. The lowest BCUT2D eigenvalue weighted by Gasteiger charge is -2.32. The number of hydrogen-bond acceptors (Lipinski definition) is 4. The molecule has 6 nitrogen and oxygen atoms in total. The van der Waals surface area contributed by atoms with E-state index in [2.05, 4.69) is 4.72 Å². The van der Waals surface area contributed by atoms with Gasteiger partial charge in [0.15, 0.2) is 0 Å². The average molecular weight is 325 g/mol. The highest BCUT2D eigenvalue weighted by atomic mass is 32.2. The molecule has 0 aliphatic carbocycles. The highest BCUT2D eigenvalue weighted by Gasteiger charge is 2.26. The van der Waals surface area contributed by atoms with Crippen LogP contribution in [0.3, 0.4) is 0 Å². The largest absolute Gasteiger partial charge is 0.399 e. The average Bonchev–Trinajstić information content (AvgIpc) is 2.48. The maximum atomic E-state index is 12.3. The zero-order valence-corrected chi connectivity index (χ0v) is 13.6. The van der Waals surface area contributed by atoms with Gasteiger partial charge >= 0.3 is 0 Å². The zero-order valence-electron chi connectivity index (χ0n) is 12.8. The van der Waals surface area contributed by atoms with Crippen molar-refractivity contribution in [3.63, 3.8) is 0 Å². The second kappa shape index (κ2) is 7.11. The van der Waals surface area contributed by atoms with Crippen LogP contribution in [0.25, 0.3) is 0 Å². The minimum absolute atomic E-state index is 0.131. The number of likely N-dealkylation sites (tertiary alicyclic amines) is 1. The van der Waals surface area contributed by atoms with E-state index in [0.29, 0.717) is 38.0 Å². The molecule has 122 valence electrons. The third-order valence-electron chi connectivity index (χ3n) is 3.82. The van der Waals surface area contributed by atoms with Gasteiger partial charge in [-0.2, -0.15) is 0 Å². The van der Waals surface area contributed by atoms with E-state index < -0.39 is 10.0 Å². The molecule has 22 heavy (non-hydrogen) atoms. The van der Waals surface area contributed by atoms with Crippen molar-refractivity contribution in [2.24, 2.45) is 0 Å². The van der Waals surface area contributed by atoms with Crippen molar-refractivity contribution in [2.45, 2.75) is 43.5 Å². The molecule has 1 heterocycles. The number of nitrogens with one attached hydrogen (secondary N) is 1. The van der Waals surface area contributed by atoms with Gasteiger partial charge in [-0.05, 0) is 43.5 Å². The van der Waals surface area contributed by atoms with Gasteiger partial charge in [-0.1, -0.05) is 6.92 Å². The first-order valence-corrected chi connectivity index (χ1v) is 9.06. The van der Waals surface area contributed by atoms with E-state index in [4.69, 9.17) is 5.73 Å². The number of carbonyl (C=O) groups excluding carboxylic acids is 1. The molecule has 1 fully saturated rings. The number of amides is 1. The monoisotopic (exact) mass is 325 g/mol. The van der Waals surface area contributed by atoms with Crippen LogP contribution in [0.1, 0.15) is 32.6 Å². The van der Waals surface area contributed by atoms with Crippen LogP contribution in [-0.2, 0) is 14.8 Å². The number of rotatable bonds is 5. The molecular formula is C15H23N3O3S. The van der Waals surface area contributed by atoms with Gasteiger partial charge in [0.05, 0.1) is 4.90 Å². The summed E-state index contributed by atoms with van der Waals surface area (Å²) in [6, 6.07) is 6.00. The Morgan fingerprint density at radius 3 is 2.41 bits per heavy atom. The minimum atomic E-state index is -3.53. The molecule has 1 aromatic rings. The molecule has 7 heteroatoms. The molecule has 0 atom stereocenters. The number of benzene rings is 1. The van der Waals surface area contributed by atoms with Gasteiger partial charge < -0.3 is 10.6 Å². The molecule has 0 bridgehead atoms. The number of nitrogens with zero attached hydrogens (tertiary/aromatic N) is 1. The highest BCUT2D eigenvalue weighted by Crippen LogP contribution is 2.17. The van der Waals surface area contributed by atoms with Crippen molar-refractivity contribution < 1.29 is 13.2 Å². The van der Waals surface area contributed by atoms with Crippen LogP contribution in [0.4, 0.5) is 5.69 Å². The van der Waals surface area contributed by atoms with Gasteiger partial charge in [-0.3, -0.25) is 4.79 Å². The first-order chi connectivity index (χ1) is 10.4. The molecule has 0 saturated carbocycles. The maximum Gasteiger partial charge on any atom is 0.240 e. The number of nitrogen functional groups attached to an aromatic ring is 1. The van der Waals surface area contributed by atoms with Crippen LogP contribution in [0.5, 0.6) is 0 Å². The Kier molecular flexibility index (Phi) is 5.42. The Morgan fingerprint density at radius 2 is 1.86 bits per heavy atom. The Morgan fingerprint density at radius 1 is 1.27 bits per heavy atom. The van der Waals surface area contributed by atoms with Gasteiger partial charge in [0, 0.05) is 31.2 Å². The number of sulfonamides is 1. The SMILES string of the molecule is CCCC(=O)N1CCC(NS(=O)(=O)c2ccc(N)cc2)CC1. The van der Waals surface area contributed by atoms with Crippen molar-refractivity contribution in [3.8, 4) is 0 Å². The van der Waals surface area contributed by atoms with E-state index in [1.54, 1.807) is 12.1 Å². The van der Waals surface area contributed by atoms with Gasteiger partial charge in [0.2, 0.25) is 15.9 Å². The third-order valence-corrected chi connectivity index (χ3v) is 5.36. The normalized spacial score (nSPS) is 16.7. The third kappa shape index (κ3) is 4.20. The summed E-state index contributed by atoms with van der Waals surface area (Å²) in [6.07, 6.45) is 2.68. The second-order valence-corrected chi connectivity index (χ2v) is 7.31. The molecule has 2 rings (SSSR count). The molecule has 3 N–H and O–H groups in total. The minimum Gasteiger partial charge on any atom is -0.399 e. The molecule has 0 unspecified atom stereocenters. The number of hydrogen-bond donors (Lipinski definition) is 2. The van der Waals surface area contributed by atoms with Crippen LogP contribution in [-0.4, -0.2) is 38.4 Å². The summed E-state index contributed by atoms with van der Waals surface area (Å²) in [5, 5.41) is 0. The molecule has 1 amide bonds. The fraction of sp³-hybridized carbons (Fsp3) is 0.533. The summed E-state index contributed by atoms with van der Waals surface area (Å²) in [4.78, 5) is 13.8. The van der Waals surface area contributed by atoms with E-state index in [0.717, 1.165) is 6.42 Å². The van der Waals surface area contributed by atoms with Crippen LogP contribution in [0, 0.1) is 0 Å². The quantitative estimate of drug-likeness (QED) is 0.799. The van der Waals surface area contributed by atoms with Crippen LogP contribution < -0.4 is 10.5 Å². The number of nitrogens with two attached hydrogens (primary N) is 1. The predicted molar refractivity (Wildman–Crippen MR) is 85.7 cm³/mol. The van der Waals surface area contributed by atoms with E-state index in [-0.39, 0.29) is 16.8 Å². The Labute approximate surface area is 131 Å². The fourth-order valence-corrected chi connectivity index (χ4v) is 3.86. The topological polar surface area (TPSA) is 92.5 Å². The summed E-state index contributed by atoms with van der Waals surface area (Å²) >= 11 is 0. The molecule has 0 spiro atoms. The van der Waals surface area contributed by atoms with Crippen LogP contribution in [0.15, 0.2) is 29.2 Å². The molecule has 0 radical (unpaired) electrons. The van der Waals surface area contributed by atoms with Crippen LogP contribution in [0.2, 0.25) is 0 Å². The van der Waals surface area contributed by atoms with Crippen molar-refractivity contribution in [1.82, 2.24) is 9.62 Å². The Bertz CT molecular complexity index is 605. The van der Waals surface area contributed by atoms with E-state index >= 15 is 0 Å². The fourth-order valence-electron chi connectivity index (χ4n) is 2.55. The Balaban J connectivity index is 1.92. The molecule has 1 aliphatic heterocycles. The zero-order chi connectivity index (χ0) is 16.2. The maximum absolute atomic E-state index is 12.3. The summed E-state index contributed by atoms with van der Waals surface area (Å²) in [7, 11) is -3.53. The van der Waals surface area contributed by atoms with E-state index in [1.807, 2.05) is 11.8 Å². The van der Waals surface area contributed by atoms with Crippen LogP contribution >= 0.6 is 0 Å². The number of piperidine rings is 1. The summed E-state index contributed by atoms with van der Waals surface area (Å²) in [6.45, 7) is 3.19. The summed E-state index contributed by atoms with van der Waals surface area (Å²) < 4.78 is 27.3. The van der Waals surface area contributed by atoms with Gasteiger partial charge in [-0.15, -0.1) is 0 Å². The first kappa shape index (κ1) is 16.8. The Hall–Kier alpha value is -1.60. The molecule has 1 saturated heterocycles. The lowest BCUT2D eigenvalue weighted by Crippen LogP contribution is -2.46. The standard InChI is InChI=1S/C15H23N3O3S/c1-2-3-15(19)18-10-8-13(9-11-18)17-22(20,21)14-6-4-12(16)5-7-14/h4-7,13,17H,2-3,8-11,16H2,1H3. The van der Waals surface area contributed by atoms with Crippen molar-refractivity contribution in [1.29, 1.82) is 0 Å². The number of anilines is 1. The molecule has 0 aromatic heterocycles. The summed E-state index contributed by atoms with van der Waals surface area (Å²) in [5.74, 6) is 0.155. The van der Waals surface area contributed by atoms with Gasteiger partial charge in [0.25, 0.3) is 0 Å². The van der Waals surface area contributed by atoms with Crippen molar-refractivity contribution in [3.05, 3.63) is 24.3 Å².